The maximum absolute atomic E-state index is 11.7. The van der Waals surface area contributed by atoms with Crippen molar-refractivity contribution in [2.24, 2.45) is 0 Å². The Kier molecular flexibility index (Phi) is 2.23. The number of hydrogen-bond donors (Lipinski definition) is 0. The first-order chi connectivity index (χ1) is 6.33. The van der Waals surface area contributed by atoms with Crippen molar-refractivity contribution in [3.63, 3.8) is 0 Å². The van der Waals surface area contributed by atoms with E-state index in [0.717, 1.165) is 16.3 Å². The molecule has 0 atom stereocenters. The molecule has 1 radical (unpaired) electrons. The summed E-state index contributed by atoms with van der Waals surface area (Å²) in [5.74, 6) is 0.134. The Labute approximate surface area is 85.1 Å². The smallest absolute Gasteiger partial charge is 0.190 e. The van der Waals surface area contributed by atoms with Crippen molar-refractivity contribution in [2.75, 3.05) is 0 Å². The molecule has 0 heterocycles. The van der Waals surface area contributed by atoms with Crippen LogP contribution in [0, 0.1) is 0 Å². The molecule has 2 rings (SSSR count). The molecule has 0 bridgehead atoms. The molecular formula is C11H8BrO. The third-order valence-electron chi connectivity index (χ3n) is 2.11. The summed E-state index contributed by atoms with van der Waals surface area (Å²) in [6.07, 6.45) is 0. The first-order valence-electron chi connectivity index (χ1n) is 4.06. The Bertz CT molecular complexity index is 437. The van der Waals surface area contributed by atoms with Crippen LogP contribution in [-0.2, 0) is 10.4 Å². The molecular weight excluding hydrogens is 228 g/mol. The predicted octanol–water partition coefficient (Wildman–Crippen LogP) is 3.88. The van der Waals surface area contributed by atoms with Crippen LogP contribution in [0.2, 0.25) is 0 Å². The zero-order valence-corrected chi connectivity index (χ0v) is 8.54. The zero-order chi connectivity index (χ0) is 9.26. The minimum absolute atomic E-state index is 0.134. The summed E-state index contributed by atoms with van der Waals surface area (Å²) in [5, 5.41) is 14.2. The van der Waals surface area contributed by atoms with E-state index in [1.165, 1.54) is 0 Å². The van der Waals surface area contributed by atoms with Crippen LogP contribution in [0.25, 0.3) is 10.8 Å². The monoisotopic (exact) mass is 235 g/mol. The summed E-state index contributed by atoms with van der Waals surface area (Å²) >= 11 is 3.29. The van der Waals surface area contributed by atoms with Crippen molar-refractivity contribution >= 4 is 26.7 Å². The molecule has 0 aliphatic carbocycles. The summed E-state index contributed by atoms with van der Waals surface area (Å²) < 4.78 is 0. The van der Waals surface area contributed by atoms with Crippen LogP contribution in [0.5, 0.6) is 5.75 Å². The fraction of sp³-hybridized carbons (Fsp3) is 0.0909. The molecule has 1 nitrogen and oxygen atoms in total. The Morgan fingerprint density at radius 3 is 2.62 bits per heavy atom. The summed E-state index contributed by atoms with van der Waals surface area (Å²) in [4.78, 5) is 0. The van der Waals surface area contributed by atoms with Crippen LogP contribution in [0.1, 0.15) is 5.56 Å². The second-order valence-electron chi connectivity index (χ2n) is 2.91. The van der Waals surface area contributed by atoms with E-state index < -0.39 is 0 Å². The lowest BCUT2D eigenvalue weighted by atomic mass is 10.1. The SMILES string of the molecule is [O]c1c(CBr)ccc2ccccc12. The van der Waals surface area contributed by atoms with Crippen molar-refractivity contribution in [3.8, 4) is 5.75 Å². The molecule has 0 unspecified atom stereocenters. The van der Waals surface area contributed by atoms with Gasteiger partial charge in [-0.15, -0.1) is 0 Å². The van der Waals surface area contributed by atoms with Gasteiger partial charge in [-0.1, -0.05) is 52.3 Å². The molecule has 0 aliphatic heterocycles. The fourth-order valence-electron chi connectivity index (χ4n) is 1.39. The molecule has 65 valence electrons. The summed E-state index contributed by atoms with van der Waals surface area (Å²) in [6.45, 7) is 0. The minimum atomic E-state index is 0.134. The van der Waals surface area contributed by atoms with Crippen molar-refractivity contribution in [1.82, 2.24) is 0 Å². The Hall–Kier alpha value is -1.02. The Balaban J connectivity index is 2.79. The third-order valence-corrected chi connectivity index (χ3v) is 2.71. The van der Waals surface area contributed by atoms with Crippen LogP contribution in [0.15, 0.2) is 36.4 Å². The fourth-order valence-corrected chi connectivity index (χ4v) is 1.83. The molecule has 2 aromatic carbocycles. The van der Waals surface area contributed by atoms with Gasteiger partial charge in [0.1, 0.15) is 0 Å². The molecule has 0 aliphatic rings. The van der Waals surface area contributed by atoms with E-state index in [-0.39, 0.29) is 5.75 Å². The molecule has 0 fully saturated rings. The van der Waals surface area contributed by atoms with Crippen molar-refractivity contribution in [1.29, 1.82) is 0 Å². The molecule has 0 amide bonds. The van der Waals surface area contributed by atoms with Gasteiger partial charge in [-0.25, -0.2) is 0 Å². The lowest BCUT2D eigenvalue weighted by molar-refractivity contribution is 0.357. The zero-order valence-electron chi connectivity index (χ0n) is 6.96. The highest BCUT2D eigenvalue weighted by Crippen LogP contribution is 2.30. The predicted molar refractivity (Wildman–Crippen MR) is 56.7 cm³/mol. The van der Waals surface area contributed by atoms with Crippen LogP contribution in [0.4, 0.5) is 0 Å². The van der Waals surface area contributed by atoms with Gasteiger partial charge in [0, 0.05) is 16.3 Å². The molecule has 2 aromatic rings. The van der Waals surface area contributed by atoms with Crippen molar-refractivity contribution in [3.05, 3.63) is 42.0 Å². The van der Waals surface area contributed by atoms with Gasteiger partial charge in [0.15, 0.2) is 5.75 Å². The number of alkyl halides is 1. The molecule has 0 N–H and O–H groups in total. The Morgan fingerprint density at radius 2 is 1.85 bits per heavy atom. The second kappa shape index (κ2) is 3.38. The number of rotatable bonds is 1. The maximum Gasteiger partial charge on any atom is 0.190 e. The third kappa shape index (κ3) is 1.42. The number of fused-ring (bicyclic) bond motifs is 1. The number of benzene rings is 2. The van der Waals surface area contributed by atoms with Gasteiger partial charge in [-0.3, -0.25) is 5.11 Å². The van der Waals surface area contributed by atoms with Gasteiger partial charge in [-0.2, -0.15) is 0 Å². The highest BCUT2D eigenvalue weighted by atomic mass is 79.9. The highest BCUT2D eigenvalue weighted by Gasteiger charge is 2.05. The van der Waals surface area contributed by atoms with Gasteiger partial charge in [0.05, 0.1) is 0 Å². The second-order valence-corrected chi connectivity index (χ2v) is 3.47. The number of hydrogen-bond acceptors (Lipinski definition) is 0. The lowest BCUT2D eigenvalue weighted by Gasteiger charge is -2.01. The lowest BCUT2D eigenvalue weighted by Crippen LogP contribution is -1.79. The highest BCUT2D eigenvalue weighted by molar-refractivity contribution is 9.08. The Morgan fingerprint density at radius 1 is 1.08 bits per heavy atom. The molecule has 13 heavy (non-hydrogen) atoms. The minimum Gasteiger partial charge on any atom is -0.289 e. The number of halogens is 1. The first-order valence-corrected chi connectivity index (χ1v) is 5.18. The van der Waals surface area contributed by atoms with Gasteiger partial charge >= 0.3 is 0 Å². The largest absolute Gasteiger partial charge is 0.289 e. The van der Waals surface area contributed by atoms with Crippen molar-refractivity contribution in [2.45, 2.75) is 5.33 Å². The average molecular weight is 236 g/mol. The standard InChI is InChI=1S/C11H8BrO/c12-7-9-6-5-8-3-1-2-4-10(8)11(9)13/h1-6H,7H2. The molecule has 0 saturated heterocycles. The normalized spacial score (nSPS) is 10.5. The van der Waals surface area contributed by atoms with Crippen LogP contribution in [0.3, 0.4) is 0 Å². The maximum atomic E-state index is 11.7. The van der Waals surface area contributed by atoms with Gasteiger partial charge in [0.25, 0.3) is 0 Å². The van der Waals surface area contributed by atoms with E-state index in [0.29, 0.717) is 5.33 Å². The van der Waals surface area contributed by atoms with E-state index in [1.807, 2.05) is 36.4 Å². The van der Waals surface area contributed by atoms with Gasteiger partial charge < -0.3 is 0 Å². The topological polar surface area (TPSA) is 19.9 Å². The summed E-state index contributed by atoms with van der Waals surface area (Å²) in [6, 6.07) is 11.5. The quantitative estimate of drug-likeness (QED) is 0.669. The molecule has 0 spiro atoms. The van der Waals surface area contributed by atoms with Crippen molar-refractivity contribution < 1.29 is 5.11 Å². The summed E-state index contributed by atoms with van der Waals surface area (Å²) in [5.41, 5.74) is 0.818. The van der Waals surface area contributed by atoms with Crippen LogP contribution < -0.4 is 0 Å². The molecule has 0 saturated carbocycles. The van der Waals surface area contributed by atoms with E-state index in [2.05, 4.69) is 15.9 Å². The van der Waals surface area contributed by atoms with Crippen LogP contribution >= 0.6 is 15.9 Å². The summed E-state index contributed by atoms with van der Waals surface area (Å²) in [7, 11) is 0. The first kappa shape index (κ1) is 8.57. The van der Waals surface area contributed by atoms with E-state index >= 15 is 0 Å². The van der Waals surface area contributed by atoms with E-state index in [4.69, 9.17) is 0 Å². The van der Waals surface area contributed by atoms with E-state index in [9.17, 15) is 5.11 Å². The average Bonchev–Trinajstić information content (AvgIpc) is 2.19. The van der Waals surface area contributed by atoms with E-state index in [1.54, 1.807) is 0 Å². The molecule has 2 heteroatoms. The molecule has 0 aromatic heterocycles. The van der Waals surface area contributed by atoms with Crippen LogP contribution in [-0.4, -0.2) is 0 Å². The van der Waals surface area contributed by atoms with Gasteiger partial charge in [-0.05, 0) is 5.39 Å². The van der Waals surface area contributed by atoms with Gasteiger partial charge in [0.2, 0.25) is 0 Å².